The van der Waals surface area contributed by atoms with Crippen molar-refractivity contribution < 1.29 is 5.11 Å². The number of pyridine rings is 1. The molecule has 17 heavy (non-hydrogen) atoms. The van der Waals surface area contributed by atoms with Gasteiger partial charge in [0.2, 0.25) is 0 Å². The van der Waals surface area contributed by atoms with Crippen LogP contribution in [0.15, 0.2) is 24.4 Å². The van der Waals surface area contributed by atoms with Crippen LogP contribution in [0.25, 0.3) is 0 Å². The second-order valence-corrected chi connectivity index (χ2v) is 4.81. The van der Waals surface area contributed by atoms with Crippen molar-refractivity contribution in [1.82, 2.24) is 9.88 Å². The molecule has 1 aliphatic rings. The zero-order chi connectivity index (χ0) is 11.9. The zero-order valence-electron chi connectivity index (χ0n) is 10.4. The maximum absolute atomic E-state index is 9.18. The first kappa shape index (κ1) is 12.5. The number of aromatic nitrogens is 1. The number of aliphatic hydroxyl groups is 1. The molecule has 0 bridgehead atoms. The standard InChI is InChI=1S/C14H22N2O/c17-11-10-16(14-7-2-1-3-8-14)12-13-6-4-5-9-15-13/h4-6,9,14,17H,1-3,7-8,10-12H2. The molecule has 0 aromatic carbocycles. The van der Waals surface area contributed by atoms with E-state index in [-0.39, 0.29) is 6.61 Å². The third-order valence-corrected chi connectivity index (χ3v) is 3.57. The second-order valence-electron chi connectivity index (χ2n) is 4.81. The Hall–Kier alpha value is -0.930. The van der Waals surface area contributed by atoms with Gasteiger partial charge in [-0.1, -0.05) is 25.3 Å². The van der Waals surface area contributed by atoms with Gasteiger partial charge in [0, 0.05) is 25.3 Å². The predicted molar refractivity (Wildman–Crippen MR) is 68.6 cm³/mol. The molecule has 1 aromatic heterocycles. The Labute approximate surface area is 103 Å². The van der Waals surface area contributed by atoms with Gasteiger partial charge in [0.05, 0.1) is 12.3 Å². The Morgan fingerprint density at radius 2 is 2.06 bits per heavy atom. The SMILES string of the molecule is OCCN(Cc1ccccn1)C1CCCCC1. The average Bonchev–Trinajstić information content (AvgIpc) is 2.40. The molecule has 1 heterocycles. The molecule has 3 heteroatoms. The smallest absolute Gasteiger partial charge is 0.0558 e. The van der Waals surface area contributed by atoms with Gasteiger partial charge in [-0.3, -0.25) is 9.88 Å². The van der Waals surface area contributed by atoms with E-state index in [1.165, 1.54) is 32.1 Å². The average molecular weight is 234 g/mol. The summed E-state index contributed by atoms with van der Waals surface area (Å²) in [7, 11) is 0. The highest BCUT2D eigenvalue weighted by Crippen LogP contribution is 2.23. The maximum atomic E-state index is 9.18. The van der Waals surface area contributed by atoms with Crippen molar-refractivity contribution in [2.75, 3.05) is 13.2 Å². The largest absolute Gasteiger partial charge is 0.395 e. The van der Waals surface area contributed by atoms with Crippen molar-refractivity contribution >= 4 is 0 Å². The predicted octanol–water partition coefficient (Wildman–Crippen LogP) is 2.21. The fourth-order valence-corrected chi connectivity index (χ4v) is 2.67. The third kappa shape index (κ3) is 3.79. The lowest BCUT2D eigenvalue weighted by Crippen LogP contribution is -2.38. The third-order valence-electron chi connectivity index (χ3n) is 3.57. The molecule has 0 unspecified atom stereocenters. The van der Waals surface area contributed by atoms with E-state index in [9.17, 15) is 5.11 Å². The van der Waals surface area contributed by atoms with Gasteiger partial charge in [0.25, 0.3) is 0 Å². The van der Waals surface area contributed by atoms with Crippen LogP contribution in [0.4, 0.5) is 0 Å². The molecule has 1 aliphatic carbocycles. The van der Waals surface area contributed by atoms with Gasteiger partial charge in [0.15, 0.2) is 0 Å². The van der Waals surface area contributed by atoms with E-state index in [1.807, 2.05) is 18.3 Å². The summed E-state index contributed by atoms with van der Waals surface area (Å²) in [6.45, 7) is 1.87. The van der Waals surface area contributed by atoms with Gasteiger partial charge in [-0.15, -0.1) is 0 Å². The van der Waals surface area contributed by atoms with E-state index in [0.717, 1.165) is 18.8 Å². The van der Waals surface area contributed by atoms with E-state index in [2.05, 4.69) is 16.0 Å². The normalized spacial score (nSPS) is 17.5. The Morgan fingerprint density at radius 3 is 2.71 bits per heavy atom. The summed E-state index contributed by atoms with van der Waals surface area (Å²) < 4.78 is 0. The molecule has 94 valence electrons. The van der Waals surface area contributed by atoms with Gasteiger partial charge in [-0.25, -0.2) is 0 Å². The molecular formula is C14H22N2O. The van der Waals surface area contributed by atoms with Crippen LogP contribution in [-0.4, -0.2) is 34.2 Å². The summed E-state index contributed by atoms with van der Waals surface area (Å²) in [5.74, 6) is 0. The molecule has 0 amide bonds. The minimum atomic E-state index is 0.239. The highest BCUT2D eigenvalue weighted by atomic mass is 16.3. The van der Waals surface area contributed by atoms with Crippen LogP contribution >= 0.6 is 0 Å². The van der Waals surface area contributed by atoms with Gasteiger partial charge < -0.3 is 5.11 Å². The fraction of sp³-hybridized carbons (Fsp3) is 0.643. The summed E-state index contributed by atoms with van der Waals surface area (Å²) in [5, 5.41) is 9.18. The summed E-state index contributed by atoms with van der Waals surface area (Å²) in [6.07, 6.45) is 8.41. The van der Waals surface area contributed by atoms with E-state index >= 15 is 0 Å². The first-order valence-corrected chi connectivity index (χ1v) is 6.65. The summed E-state index contributed by atoms with van der Waals surface area (Å²) >= 11 is 0. The minimum Gasteiger partial charge on any atom is -0.395 e. The Bertz CT molecular complexity index is 309. The first-order valence-electron chi connectivity index (χ1n) is 6.65. The highest BCUT2D eigenvalue weighted by molar-refractivity contribution is 5.03. The molecule has 3 nitrogen and oxygen atoms in total. The van der Waals surface area contributed by atoms with Crippen LogP contribution in [0.2, 0.25) is 0 Å². The highest BCUT2D eigenvalue weighted by Gasteiger charge is 2.20. The van der Waals surface area contributed by atoms with Crippen LogP contribution in [0.5, 0.6) is 0 Å². The molecular weight excluding hydrogens is 212 g/mol. The van der Waals surface area contributed by atoms with Crippen LogP contribution in [0.3, 0.4) is 0 Å². The number of hydrogen-bond donors (Lipinski definition) is 1. The number of rotatable bonds is 5. The molecule has 0 aliphatic heterocycles. The van der Waals surface area contributed by atoms with Gasteiger partial charge in [-0.2, -0.15) is 0 Å². The quantitative estimate of drug-likeness (QED) is 0.848. The van der Waals surface area contributed by atoms with Crippen molar-refractivity contribution in [3.8, 4) is 0 Å². The van der Waals surface area contributed by atoms with Gasteiger partial charge >= 0.3 is 0 Å². The van der Waals surface area contributed by atoms with Crippen molar-refractivity contribution in [3.05, 3.63) is 30.1 Å². The summed E-state index contributed by atoms with van der Waals surface area (Å²) in [5.41, 5.74) is 1.10. The first-order chi connectivity index (χ1) is 8.40. The fourth-order valence-electron chi connectivity index (χ4n) is 2.67. The molecule has 0 atom stereocenters. The Balaban J connectivity index is 1.96. The molecule has 1 N–H and O–H groups in total. The summed E-state index contributed by atoms with van der Waals surface area (Å²) in [6, 6.07) is 6.67. The monoisotopic (exact) mass is 234 g/mol. The lowest BCUT2D eigenvalue weighted by atomic mass is 9.94. The van der Waals surface area contributed by atoms with Crippen molar-refractivity contribution in [2.24, 2.45) is 0 Å². The van der Waals surface area contributed by atoms with Crippen LogP contribution < -0.4 is 0 Å². The van der Waals surface area contributed by atoms with E-state index in [1.54, 1.807) is 0 Å². The van der Waals surface area contributed by atoms with E-state index in [0.29, 0.717) is 6.04 Å². The van der Waals surface area contributed by atoms with Crippen LogP contribution in [0.1, 0.15) is 37.8 Å². The second kappa shape index (κ2) is 6.72. The Morgan fingerprint density at radius 1 is 1.24 bits per heavy atom. The van der Waals surface area contributed by atoms with Crippen molar-refractivity contribution in [1.29, 1.82) is 0 Å². The number of aliphatic hydroxyl groups excluding tert-OH is 1. The van der Waals surface area contributed by atoms with Crippen LogP contribution in [-0.2, 0) is 6.54 Å². The van der Waals surface area contributed by atoms with Gasteiger partial charge in [-0.05, 0) is 25.0 Å². The zero-order valence-corrected chi connectivity index (χ0v) is 10.4. The van der Waals surface area contributed by atoms with Crippen LogP contribution in [0, 0.1) is 0 Å². The van der Waals surface area contributed by atoms with Gasteiger partial charge in [0.1, 0.15) is 0 Å². The number of nitrogens with zero attached hydrogens (tertiary/aromatic N) is 2. The number of hydrogen-bond acceptors (Lipinski definition) is 3. The molecule has 1 fully saturated rings. The minimum absolute atomic E-state index is 0.239. The maximum Gasteiger partial charge on any atom is 0.0558 e. The molecule has 0 spiro atoms. The van der Waals surface area contributed by atoms with E-state index < -0.39 is 0 Å². The van der Waals surface area contributed by atoms with Crippen molar-refractivity contribution in [2.45, 2.75) is 44.7 Å². The van der Waals surface area contributed by atoms with Crippen molar-refractivity contribution in [3.63, 3.8) is 0 Å². The molecule has 1 aromatic rings. The topological polar surface area (TPSA) is 36.4 Å². The molecule has 0 saturated heterocycles. The lowest BCUT2D eigenvalue weighted by Gasteiger charge is -2.33. The molecule has 2 rings (SSSR count). The summed E-state index contributed by atoms with van der Waals surface area (Å²) in [4.78, 5) is 6.76. The van der Waals surface area contributed by atoms with E-state index in [4.69, 9.17) is 0 Å². The molecule has 1 saturated carbocycles. The Kier molecular flexibility index (Phi) is 4.95. The lowest BCUT2D eigenvalue weighted by molar-refractivity contribution is 0.116. The molecule has 0 radical (unpaired) electrons.